The molecule has 1 aliphatic rings. The Hall–Kier alpha value is -2.12. The molecular formula is C16H20N2O5. The Balaban J connectivity index is 1.68. The van der Waals surface area contributed by atoms with Crippen molar-refractivity contribution in [2.24, 2.45) is 5.92 Å². The fraction of sp³-hybridized carbons (Fsp3) is 0.500. The molecule has 1 fully saturated rings. The van der Waals surface area contributed by atoms with Crippen molar-refractivity contribution in [3.05, 3.63) is 34.8 Å². The highest BCUT2D eigenvalue weighted by Gasteiger charge is 2.27. The number of amides is 1. The number of hydrogen-bond acceptors (Lipinski definition) is 5. The summed E-state index contributed by atoms with van der Waals surface area (Å²) in [5, 5.41) is 18.6. The van der Waals surface area contributed by atoms with E-state index in [9.17, 15) is 14.7 Å². The van der Waals surface area contributed by atoms with Gasteiger partial charge in [0, 0.05) is 13.1 Å². The van der Waals surface area contributed by atoms with Gasteiger partial charge in [-0.15, -0.1) is 0 Å². The topological polar surface area (TPSA) is 95.9 Å². The quantitative estimate of drug-likeness (QED) is 0.838. The standard InChI is InChI=1S/C16H20N2O5/c19-10-13(20)11-5-7-17(8-6-11)15(21)9-18-12-3-1-2-4-14(12)23-16(18)22/h1-4,11,13,19-20H,5-10H2. The number of fused-ring (bicyclic) bond motifs is 1. The largest absolute Gasteiger partial charge is 0.420 e. The molecule has 0 bridgehead atoms. The maximum absolute atomic E-state index is 12.4. The van der Waals surface area contributed by atoms with Crippen LogP contribution in [0.15, 0.2) is 33.5 Å². The van der Waals surface area contributed by atoms with Gasteiger partial charge in [0.05, 0.1) is 18.2 Å². The van der Waals surface area contributed by atoms with Gasteiger partial charge in [-0.05, 0) is 30.9 Å². The van der Waals surface area contributed by atoms with Gasteiger partial charge in [-0.25, -0.2) is 4.79 Å². The molecular weight excluding hydrogens is 300 g/mol. The second-order valence-electron chi connectivity index (χ2n) is 5.89. The van der Waals surface area contributed by atoms with Crippen molar-refractivity contribution in [1.29, 1.82) is 0 Å². The molecule has 3 rings (SSSR count). The number of aliphatic hydroxyl groups is 2. The maximum atomic E-state index is 12.4. The van der Waals surface area contributed by atoms with E-state index in [1.54, 1.807) is 29.2 Å². The molecule has 1 saturated heterocycles. The van der Waals surface area contributed by atoms with Gasteiger partial charge in [-0.3, -0.25) is 9.36 Å². The Labute approximate surface area is 132 Å². The number of aromatic nitrogens is 1. The summed E-state index contributed by atoms with van der Waals surface area (Å²) in [6.45, 7) is 0.730. The number of likely N-dealkylation sites (tertiary alicyclic amines) is 1. The maximum Gasteiger partial charge on any atom is 0.420 e. The average Bonchev–Trinajstić information content (AvgIpc) is 2.90. The number of carbonyl (C=O) groups excluding carboxylic acids is 1. The molecule has 124 valence electrons. The van der Waals surface area contributed by atoms with Crippen LogP contribution in [-0.4, -0.2) is 51.4 Å². The molecule has 2 aromatic rings. The molecule has 1 aromatic heterocycles. The van der Waals surface area contributed by atoms with Gasteiger partial charge < -0.3 is 19.5 Å². The zero-order valence-corrected chi connectivity index (χ0v) is 12.7. The van der Waals surface area contributed by atoms with E-state index in [-0.39, 0.29) is 25.0 Å². The molecule has 23 heavy (non-hydrogen) atoms. The Morgan fingerprint density at radius 1 is 1.30 bits per heavy atom. The van der Waals surface area contributed by atoms with Crippen LogP contribution >= 0.6 is 0 Å². The van der Waals surface area contributed by atoms with Gasteiger partial charge >= 0.3 is 5.76 Å². The predicted octanol–water partition coefficient (Wildman–Crippen LogP) is 0.186. The summed E-state index contributed by atoms with van der Waals surface area (Å²) in [6.07, 6.45) is 0.566. The van der Waals surface area contributed by atoms with E-state index < -0.39 is 11.9 Å². The first-order chi connectivity index (χ1) is 11.1. The Morgan fingerprint density at radius 3 is 2.70 bits per heavy atom. The first-order valence-corrected chi connectivity index (χ1v) is 7.75. The summed E-state index contributed by atoms with van der Waals surface area (Å²) >= 11 is 0. The predicted molar refractivity (Wildman–Crippen MR) is 82.9 cm³/mol. The second kappa shape index (κ2) is 6.55. The number of carbonyl (C=O) groups is 1. The van der Waals surface area contributed by atoms with Crippen molar-refractivity contribution >= 4 is 17.0 Å². The average molecular weight is 320 g/mol. The van der Waals surface area contributed by atoms with Gasteiger partial charge in [0.1, 0.15) is 6.54 Å². The lowest BCUT2D eigenvalue weighted by Crippen LogP contribution is -2.43. The molecule has 0 saturated carbocycles. The zero-order chi connectivity index (χ0) is 16.4. The van der Waals surface area contributed by atoms with Crippen LogP contribution in [0.1, 0.15) is 12.8 Å². The normalized spacial score (nSPS) is 17.6. The summed E-state index contributed by atoms with van der Waals surface area (Å²) < 4.78 is 6.47. The first kappa shape index (κ1) is 15.8. The summed E-state index contributed by atoms with van der Waals surface area (Å²) in [7, 11) is 0. The molecule has 1 amide bonds. The molecule has 7 heteroatoms. The number of benzene rings is 1. The summed E-state index contributed by atoms with van der Waals surface area (Å²) in [4.78, 5) is 26.0. The van der Waals surface area contributed by atoms with Crippen molar-refractivity contribution in [1.82, 2.24) is 9.47 Å². The molecule has 1 aromatic carbocycles. The highest BCUT2D eigenvalue weighted by Crippen LogP contribution is 2.21. The monoisotopic (exact) mass is 320 g/mol. The van der Waals surface area contributed by atoms with Crippen molar-refractivity contribution in [2.75, 3.05) is 19.7 Å². The summed E-state index contributed by atoms with van der Waals surface area (Å²) in [5.74, 6) is -0.665. The molecule has 2 N–H and O–H groups in total. The zero-order valence-electron chi connectivity index (χ0n) is 12.7. The minimum Gasteiger partial charge on any atom is -0.408 e. The highest BCUT2D eigenvalue weighted by molar-refractivity contribution is 5.79. The molecule has 0 radical (unpaired) electrons. The Bertz CT molecular complexity index is 742. The molecule has 1 unspecified atom stereocenters. The van der Waals surface area contributed by atoms with Crippen LogP contribution in [0, 0.1) is 5.92 Å². The van der Waals surface area contributed by atoms with Gasteiger partial charge in [-0.1, -0.05) is 12.1 Å². The highest BCUT2D eigenvalue weighted by atomic mass is 16.4. The third-order valence-electron chi connectivity index (χ3n) is 4.49. The Kier molecular flexibility index (Phi) is 4.49. The van der Waals surface area contributed by atoms with Gasteiger partial charge in [0.15, 0.2) is 5.58 Å². The van der Waals surface area contributed by atoms with E-state index in [0.29, 0.717) is 37.0 Å². The molecule has 0 aliphatic carbocycles. The number of hydrogen-bond donors (Lipinski definition) is 2. The number of oxazole rings is 1. The molecule has 2 heterocycles. The van der Waals surface area contributed by atoms with Crippen LogP contribution in [0.2, 0.25) is 0 Å². The van der Waals surface area contributed by atoms with Crippen LogP contribution in [0.4, 0.5) is 0 Å². The van der Waals surface area contributed by atoms with Gasteiger partial charge in [0.2, 0.25) is 5.91 Å². The smallest absolute Gasteiger partial charge is 0.408 e. The third kappa shape index (κ3) is 3.16. The van der Waals surface area contributed by atoms with Crippen LogP contribution in [0.3, 0.4) is 0 Å². The minimum absolute atomic E-state index is 0.0153. The van der Waals surface area contributed by atoms with Crippen LogP contribution < -0.4 is 5.76 Å². The Morgan fingerprint density at radius 2 is 2.00 bits per heavy atom. The van der Waals surface area contributed by atoms with Crippen LogP contribution in [-0.2, 0) is 11.3 Å². The number of piperidine rings is 1. The second-order valence-corrected chi connectivity index (χ2v) is 5.89. The van der Waals surface area contributed by atoms with Gasteiger partial charge in [-0.2, -0.15) is 0 Å². The van der Waals surface area contributed by atoms with E-state index in [1.807, 2.05) is 0 Å². The lowest BCUT2D eigenvalue weighted by Gasteiger charge is -2.33. The summed E-state index contributed by atoms with van der Waals surface area (Å²) in [5.41, 5.74) is 1.08. The number of para-hydroxylation sites is 2. The van der Waals surface area contributed by atoms with E-state index in [1.165, 1.54) is 4.57 Å². The summed E-state index contributed by atoms with van der Waals surface area (Å²) in [6, 6.07) is 7.01. The minimum atomic E-state index is -0.729. The fourth-order valence-corrected chi connectivity index (χ4v) is 3.08. The van der Waals surface area contributed by atoms with Crippen LogP contribution in [0.5, 0.6) is 0 Å². The number of aliphatic hydroxyl groups excluding tert-OH is 2. The van der Waals surface area contributed by atoms with Crippen LogP contribution in [0.25, 0.3) is 11.1 Å². The molecule has 0 spiro atoms. The van der Waals surface area contributed by atoms with Crippen molar-refractivity contribution in [3.63, 3.8) is 0 Å². The van der Waals surface area contributed by atoms with Crippen molar-refractivity contribution in [2.45, 2.75) is 25.5 Å². The van der Waals surface area contributed by atoms with Crippen molar-refractivity contribution in [3.8, 4) is 0 Å². The third-order valence-corrected chi connectivity index (χ3v) is 4.49. The van der Waals surface area contributed by atoms with Crippen molar-refractivity contribution < 1.29 is 19.4 Å². The number of nitrogens with zero attached hydrogens (tertiary/aromatic N) is 2. The SMILES string of the molecule is O=C(Cn1c(=O)oc2ccccc21)N1CCC(C(O)CO)CC1. The molecule has 1 aliphatic heterocycles. The van der Waals surface area contributed by atoms with Gasteiger partial charge in [0.25, 0.3) is 0 Å². The molecule has 1 atom stereocenters. The number of rotatable bonds is 4. The molecule has 7 nitrogen and oxygen atoms in total. The van der Waals surface area contributed by atoms with E-state index in [4.69, 9.17) is 9.52 Å². The van der Waals surface area contributed by atoms with E-state index in [2.05, 4.69) is 0 Å². The van der Waals surface area contributed by atoms with E-state index >= 15 is 0 Å². The first-order valence-electron chi connectivity index (χ1n) is 7.75. The lowest BCUT2D eigenvalue weighted by molar-refractivity contribution is -0.134. The lowest BCUT2D eigenvalue weighted by atomic mass is 9.91. The van der Waals surface area contributed by atoms with E-state index in [0.717, 1.165) is 0 Å². The fourth-order valence-electron chi connectivity index (χ4n) is 3.08.